The molecule has 0 unspecified atom stereocenters. The maximum absolute atomic E-state index is 13.0. The molecule has 0 bridgehead atoms. The molecule has 1 aliphatic heterocycles. The Balaban J connectivity index is 1.44. The van der Waals surface area contributed by atoms with Crippen LogP contribution >= 0.6 is 0 Å². The van der Waals surface area contributed by atoms with Crippen LogP contribution in [0.15, 0.2) is 53.1 Å². The van der Waals surface area contributed by atoms with Gasteiger partial charge in [0.05, 0.1) is 7.11 Å². The molecule has 150 valence electrons. The first kappa shape index (κ1) is 18.9. The summed E-state index contributed by atoms with van der Waals surface area (Å²) in [6.07, 6.45) is 1.61. The van der Waals surface area contributed by atoms with Crippen molar-refractivity contribution in [1.29, 1.82) is 0 Å². The van der Waals surface area contributed by atoms with Crippen molar-refractivity contribution in [1.82, 2.24) is 20.4 Å². The van der Waals surface area contributed by atoms with Crippen LogP contribution in [0.2, 0.25) is 0 Å². The summed E-state index contributed by atoms with van der Waals surface area (Å²) in [4.78, 5) is 18.9. The predicted octanol–water partition coefficient (Wildman–Crippen LogP) is 3.93. The number of nitrogens with one attached hydrogen (secondary N) is 1. The number of carbonyl (C=O) groups is 1. The number of likely N-dealkylation sites (tertiary alicyclic amines) is 1. The van der Waals surface area contributed by atoms with Gasteiger partial charge in [-0.15, -0.1) is 0 Å². The van der Waals surface area contributed by atoms with Gasteiger partial charge in [0.25, 0.3) is 0 Å². The van der Waals surface area contributed by atoms with Gasteiger partial charge in [-0.2, -0.15) is 4.98 Å². The number of nitrogens with zero attached hydrogens (tertiary/aromatic N) is 3. The summed E-state index contributed by atoms with van der Waals surface area (Å²) in [6.45, 7) is 0.929. The summed E-state index contributed by atoms with van der Waals surface area (Å²) >= 11 is 0. The second kappa shape index (κ2) is 8.30. The van der Waals surface area contributed by atoms with Crippen LogP contribution in [-0.2, 0) is 6.54 Å². The van der Waals surface area contributed by atoms with Crippen LogP contribution in [0.4, 0.5) is 9.18 Å². The minimum Gasteiger partial charge on any atom is -0.497 e. The van der Waals surface area contributed by atoms with E-state index >= 15 is 0 Å². The van der Waals surface area contributed by atoms with Crippen LogP contribution < -0.4 is 10.1 Å². The molecule has 4 rings (SSSR count). The van der Waals surface area contributed by atoms with E-state index < -0.39 is 0 Å². The van der Waals surface area contributed by atoms with E-state index in [1.54, 1.807) is 24.1 Å². The maximum Gasteiger partial charge on any atom is 0.318 e. The summed E-state index contributed by atoms with van der Waals surface area (Å²) in [5.41, 5.74) is 1.61. The summed E-state index contributed by atoms with van der Waals surface area (Å²) in [7, 11) is 1.60. The zero-order valence-electron chi connectivity index (χ0n) is 16.0. The van der Waals surface area contributed by atoms with Gasteiger partial charge in [0.15, 0.2) is 0 Å². The molecule has 2 heterocycles. The highest BCUT2D eigenvalue weighted by Gasteiger charge is 2.34. The third-order valence-corrected chi connectivity index (χ3v) is 4.93. The fourth-order valence-corrected chi connectivity index (χ4v) is 3.40. The minimum atomic E-state index is -0.303. The van der Waals surface area contributed by atoms with E-state index in [0.717, 1.165) is 24.0 Å². The van der Waals surface area contributed by atoms with E-state index in [4.69, 9.17) is 9.26 Å². The van der Waals surface area contributed by atoms with Crippen molar-refractivity contribution < 1.29 is 18.4 Å². The second-order valence-corrected chi connectivity index (χ2v) is 6.82. The number of aromatic nitrogens is 2. The summed E-state index contributed by atoms with van der Waals surface area (Å²) in [6, 6.07) is 13.0. The third kappa shape index (κ3) is 4.21. The molecule has 1 atom stereocenters. The smallest absolute Gasteiger partial charge is 0.318 e. The van der Waals surface area contributed by atoms with E-state index in [2.05, 4.69) is 15.5 Å². The molecule has 1 N–H and O–H groups in total. The van der Waals surface area contributed by atoms with Crippen LogP contribution in [0.25, 0.3) is 11.4 Å². The van der Waals surface area contributed by atoms with Crippen molar-refractivity contribution in [2.45, 2.75) is 25.4 Å². The van der Waals surface area contributed by atoms with Gasteiger partial charge in [-0.1, -0.05) is 29.4 Å². The van der Waals surface area contributed by atoms with Crippen molar-refractivity contribution in [3.8, 4) is 17.1 Å². The minimum absolute atomic E-state index is 0.210. The number of urea groups is 1. The fraction of sp³-hybridized carbons (Fsp3) is 0.286. The van der Waals surface area contributed by atoms with Crippen LogP contribution in [-0.4, -0.2) is 34.7 Å². The van der Waals surface area contributed by atoms with Gasteiger partial charge in [0.1, 0.15) is 17.6 Å². The van der Waals surface area contributed by atoms with Crippen LogP contribution in [0.1, 0.15) is 30.3 Å². The van der Waals surface area contributed by atoms with Crippen molar-refractivity contribution in [2.75, 3.05) is 13.7 Å². The molecule has 8 heteroatoms. The highest BCUT2D eigenvalue weighted by Crippen LogP contribution is 2.32. The fourth-order valence-electron chi connectivity index (χ4n) is 3.40. The van der Waals surface area contributed by atoms with E-state index in [1.165, 1.54) is 12.1 Å². The number of methoxy groups -OCH3 is 1. The molecule has 3 aromatic rings. The number of halogens is 1. The van der Waals surface area contributed by atoms with Gasteiger partial charge < -0.3 is 19.5 Å². The summed E-state index contributed by atoms with van der Waals surface area (Å²) in [5, 5.41) is 6.94. The Kier molecular flexibility index (Phi) is 5.41. The van der Waals surface area contributed by atoms with Gasteiger partial charge in [-0.3, -0.25) is 0 Å². The zero-order chi connectivity index (χ0) is 20.2. The maximum atomic E-state index is 13.0. The molecule has 1 aromatic heterocycles. The molecule has 1 fully saturated rings. The quantitative estimate of drug-likeness (QED) is 0.707. The Morgan fingerprint density at radius 3 is 2.93 bits per heavy atom. The van der Waals surface area contributed by atoms with Crippen LogP contribution in [0, 0.1) is 5.82 Å². The number of rotatable bonds is 5. The molecule has 0 radical (unpaired) electrons. The standard InChI is InChI=1S/C21H21FN4O3/c1-28-17-5-2-4-15(12-17)19-24-20(29-25-19)18-6-3-11-26(18)21(27)23-13-14-7-9-16(22)10-8-14/h2,4-5,7-10,12,18H,3,6,11,13H2,1H3,(H,23,27)/t18-/m0/s1. The average molecular weight is 396 g/mol. The van der Waals surface area contributed by atoms with Crippen molar-refractivity contribution in [3.05, 3.63) is 65.8 Å². The molecular formula is C21H21FN4O3. The molecule has 0 saturated carbocycles. The number of carbonyl (C=O) groups excluding carboxylic acids is 1. The molecule has 29 heavy (non-hydrogen) atoms. The lowest BCUT2D eigenvalue weighted by atomic mass is 10.2. The van der Waals surface area contributed by atoms with Crippen LogP contribution in [0.5, 0.6) is 5.75 Å². The highest BCUT2D eigenvalue weighted by atomic mass is 19.1. The predicted molar refractivity (Wildman–Crippen MR) is 104 cm³/mol. The van der Waals surface area contributed by atoms with E-state index in [1.807, 2.05) is 24.3 Å². The first-order valence-electron chi connectivity index (χ1n) is 9.41. The molecule has 1 aliphatic rings. The van der Waals surface area contributed by atoms with Crippen molar-refractivity contribution >= 4 is 6.03 Å². The van der Waals surface area contributed by atoms with Crippen molar-refractivity contribution in [2.24, 2.45) is 0 Å². The van der Waals surface area contributed by atoms with Gasteiger partial charge in [0.2, 0.25) is 11.7 Å². The molecule has 0 spiro atoms. The summed E-state index contributed by atoms with van der Waals surface area (Å²) in [5.74, 6) is 1.27. The zero-order valence-corrected chi connectivity index (χ0v) is 16.0. The SMILES string of the molecule is COc1cccc(-c2noc([C@@H]3CCCN3C(=O)NCc3ccc(F)cc3)n2)c1. The Labute approximate surface area is 167 Å². The lowest BCUT2D eigenvalue weighted by molar-refractivity contribution is 0.180. The Morgan fingerprint density at radius 1 is 1.31 bits per heavy atom. The largest absolute Gasteiger partial charge is 0.497 e. The topological polar surface area (TPSA) is 80.5 Å². The van der Waals surface area contributed by atoms with Gasteiger partial charge in [-0.05, 0) is 42.7 Å². The van der Waals surface area contributed by atoms with Gasteiger partial charge >= 0.3 is 6.03 Å². The third-order valence-electron chi connectivity index (χ3n) is 4.93. The lowest BCUT2D eigenvalue weighted by Crippen LogP contribution is -2.39. The Morgan fingerprint density at radius 2 is 2.14 bits per heavy atom. The average Bonchev–Trinajstić information content (AvgIpc) is 3.42. The first-order valence-corrected chi connectivity index (χ1v) is 9.41. The monoisotopic (exact) mass is 396 g/mol. The number of amides is 2. The number of ether oxygens (including phenoxy) is 1. The Hall–Kier alpha value is -3.42. The molecule has 1 saturated heterocycles. The normalized spacial score (nSPS) is 16.1. The Bertz CT molecular complexity index is 990. The van der Waals surface area contributed by atoms with Crippen LogP contribution in [0.3, 0.4) is 0 Å². The van der Waals surface area contributed by atoms with E-state index in [0.29, 0.717) is 30.6 Å². The highest BCUT2D eigenvalue weighted by molar-refractivity contribution is 5.75. The van der Waals surface area contributed by atoms with E-state index in [9.17, 15) is 9.18 Å². The van der Waals surface area contributed by atoms with E-state index in [-0.39, 0.29) is 17.9 Å². The first-order chi connectivity index (χ1) is 14.1. The lowest BCUT2D eigenvalue weighted by Gasteiger charge is -2.22. The molecule has 2 amide bonds. The molecule has 2 aromatic carbocycles. The van der Waals surface area contributed by atoms with Crippen molar-refractivity contribution in [3.63, 3.8) is 0 Å². The molecule has 7 nitrogen and oxygen atoms in total. The van der Waals surface area contributed by atoms with Gasteiger partial charge in [0, 0.05) is 18.7 Å². The number of hydrogen-bond acceptors (Lipinski definition) is 5. The summed E-state index contributed by atoms with van der Waals surface area (Å²) < 4.78 is 23.7. The number of benzene rings is 2. The molecular weight excluding hydrogens is 375 g/mol. The molecule has 0 aliphatic carbocycles. The number of hydrogen-bond donors (Lipinski definition) is 1. The second-order valence-electron chi connectivity index (χ2n) is 6.82. The van der Waals surface area contributed by atoms with Gasteiger partial charge in [-0.25, -0.2) is 9.18 Å².